The molecule has 2 rings (SSSR count). The van der Waals surface area contributed by atoms with Crippen LogP contribution in [0.2, 0.25) is 0 Å². The van der Waals surface area contributed by atoms with Gasteiger partial charge in [-0.1, -0.05) is 43.3 Å². The molecule has 140 valence electrons. The van der Waals surface area contributed by atoms with Gasteiger partial charge in [0.2, 0.25) is 0 Å². The number of ether oxygens (including phenoxy) is 1. The van der Waals surface area contributed by atoms with E-state index in [0.717, 1.165) is 30.4 Å². The van der Waals surface area contributed by atoms with Gasteiger partial charge in [0, 0.05) is 18.8 Å². The molecule has 0 aliphatic heterocycles. The third-order valence-corrected chi connectivity index (χ3v) is 3.82. The molecule has 0 bridgehead atoms. The van der Waals surface area contributed by atoms with Gasteiger partial charge in [-0.15, -0.1) is 0 Å². The molecule has 26 heavy (non-hydrogen) atoms. The fourth-order valence-electron chi connectivity index (χ4n) is 2.47. The van der Waals surface area contributed by atoms with Crippen molar-refractivity contribution in [1.29, 1.82) is 0 Å². The Hall–Kier alpha value is -2.40. The Labute approximate surface area is 156 Å². The number of aromatic nitrogens is 1. The minimum absolute atomic E-state index is 0.389. The molecule has 0 aliphatic carbocycles. The fraction of sp³-hybridized carbons (Fsp3) is 0.429. The van der Waals surface area contributed by atoms with Crippen molar-refractivity contribution in [2.75, 3.05) is 19.7 Å². The number of aliphatic imine (C=N–C) groups is 1. The van der Waals surface area contributed by atoms with E-state index in [-0.39, 0.29) is 0 Å². The number of nitrogens with zero attached hydrogens (tertiary/aromatic N) is 2. The van der Waals surface area contributed by atoms with Gasteiger partial charge in [-0.25, -0.2) is 4.99 Å². The summed E-state index contributed by atoms with van der Waals surface area (Å²) in [7, 11) is 0. The highest BCUT2D eigenvalue weighted by molar-refractivity contribution is 5.79. The maximum absolute atomic E-state index is 5.81. The van der Waals surface area contributed by atoms with E-state index in [1.165, 1.54) is 5.56 Å². The van der Waals surface area contributed by atoms with Crippen LogP contribution in [0, 0.1) is 12.8 Å². The molecule has 0 fully saturated rings. The highest BCUT2D eigenvalue weighted by Gasteiger charge is 2.05. The van der Waals surface area contributed by atoms with Crippen LogP contribution >= 0.6 is 0 Å². The first-order chi connectivity index (χ1) is 12.7. The maximum Gasteiger partial charge on any atom is 0.191 e. The monoisotopic (exact) mass is 354 g/mol. The summed E-state index contributed by atoms with van der Waals surface area (Å²) in [5, 5.41) is 6.66. The number of hydrogen-bond donors (Lipinski definition) is 2. The van der Waals surface area contributed by atoms with Crippen molar-refractivity contribution in [3.63, 3.8) is 0 Å². The van der Waals surface area contributed by atoms with Gasteiger partial charge < -0.3 is 15.4 Å². The van der Waals surface area contributed by atoms with E-state index in [0.29, 0.717) is 25.7 Å². The zero-order chi connectivity index (χ0) is 18.6. The van der Waals surface area contributed by atoms with E-state index >= 15 is 0 Å². The van der Waals surface area contributed by atoms with Crippen LogP contribution in [0.1, 0.15) is 30.8 Å². The molecule has 5 heteroatoms. The number of benzene rings is 1. The standard InChI is InChI=1S/C21H30N4O/c1-4-22-21(24-14-20-12-8-9-18(3)25-20)23-13-17(2)15-26-16-19-10-6-5-7-11-19/h5-12,17H,4,13-16H2,1-3H3,(H2,22,23,24). The molecule has 2 N–H and O–H groups in total. The molecule has 1 unspecified atom stereocenters. The van der Waals surface area contributed by atoms with Gasteiger partial charge in [0.15, 0.2) is 5.96 Å². The Bertz CT molecular complexity index is 673. The van der Waals surface area contributed by atoms with Gasteiger partial charge in [-0.2, -0.15) is 0 Å². The number of pyridine rings is 1. The SMILES string of the molecule is CCNC(=NCc1cccc(C)n1)NCC(C)COCc1ccccc1. The van der Waals surface area contributed by atoms with Crippen molar-refractivity contribution in [1.82, 2.24) is 15.6 Å². The van der Waals surface area contributed by atoms with E-state index in [9.17, 15) is 0 Å². The average Bonchev–Trinajstić information content (AvgIpc) is 2.65. The van der Waals surface area contributed by atoms with Gasteiger partial charge in [-0.05, 0) is 37.5 Å². The molecule has 0 radical (unpaired) electrons. The predicted octanol–water partition coefficient (Wildman–Crippen LogP) is 3.30. The molecule has 0 aliphatic rings. The Morgan fingerprint density at radius 2 is 1.92 bits per heavy atom. The second-order valence-electron chi connectivity index (χ2n) is 6.45. The van der Waals surface area contributed by atoms with Crippen molar-refractivity contribution in [3.8, 4) is 0 Å². The Morgan fingerprint density at radius 1 is 1.12 bits per heavy atom. The molecular weight excluding hydrogens is 324 g/mol. The lowest BCUT2D eigenvalue weighted by molar-refractivity contribution is 0.0931. The summed E-state index contributed by atoms with van der Waals surface area (Å²) in [5.74, 6) is 1.20. The van der Waals surface area contributed by atoms with Crippen LogP contribution in [0.4, 0.5) is 0 Å². The molecule has 5 nitrogen and oxygen atoms in total. The molecular formula is C21H30N4O. The summed E-state index contributed by atoms with van der Waals surface area (Å²) in [6.07, 6.45) is 0. The van der Waals surface area contributed by atoms with Crippen LogP contribution in [-0.2, 0) is 17.9 Å². The Kier molecular flexibility index (Phi) is 8.63. The third-order valence-electron chi connectivity index (χ3n) is 3.82. The van der Waals surface area contributed by atoms with Crippen molar-refractivity contribution in [2.45, 2.75) is 33.9 Å². The molecule has 0 saturated carbocycles. The van der Waals surface area contributed by atoms with Crippen LogP contribution in [0.25, 0.3) is 0 Å². The fourth-order valence-corrected chi connectivity index (χ4v) is 2.47. The smallest absolute Gasteiger partial charge is 0.191 e. The molecule has 1 heterocycles. The van der Waals surface area contributed by atoms with E-state index < -0.39 is 0 Å². The first-order valence-corrected chi connectivity index (χ1v) is 9.23. The topological polar surface area (TPSA) is 58.5 Å². The minimum atomic E-state index is 0.389. The highest BCUT2D eigenvalue weighted by atomic mass is 16.5. The summed E-state index contributed by atoms with van der Waals surface area (Å²) >= 11 is 0. The summed E-state index contributed by atoms with van der Waals surface area (Å²) in [6, 6.07) is 16.3. The van der Waals surface area contributed by atoms with E-state index in [1.54, 1.807) is 0 Å². The quantitative estimate of drug-likeness (QED) is 0.536. The normalized spacial score (nSPS) is 12.7. The Balaban J connectivity index is 1.74. The summed E-state index contributed by atoms with van der Waals surface area (Å²) in [6.45, 7) is 9.79. The molecule has 1 aromatic carbocycles. The average molecular weight is 354 g/mol. The number of nitrogens with one attached hydrogen (secondary N) is 2. The van der Waals surface area contributed by atoms with E-state index in [1.807, 2.05) is 43.3 Å². The molecule has 1 aromatic heterocycles. The largest absolute Gasteiger partial charge is 0.376 e. The van der Waals surface area contributed by atoms with Gasteiger partial charge >= 0.3 is 0 Å². The van der Waals surface area contributed by atoms with Crippen molar-refractivity contribution < 1.29 is 4.74 Å². The number of guanidine groups is 1. The van der Waals surface area contributed by atoms with Gasteiger partial charge in [0.05, 0.1) is 25.5 Å². The summed E-state index contributed by atoms with van der Waals surface area (Å²) in [4.78, 5) is 9.10. The summed E-state index contributed by atoms with van der Waals surface area (Å²) < 4.78 is 5.81. The third kappa shape index (κ3) is 7.66. The van der Waals surface area contributed by atoms with Crippen LogP contribution < -0.4 is 10.6 Å². The van der Waals surface area contributed by atoms with Crippen LogP contribution in [-0.4, -0.2) is 30.6 Å². The highest BCUT2D eigenvalue weighted by Crippen LogP contribution is 2.03. The van der Waals surface area contributed by atoms with Gasteiger partial charge in [-0.3, -0.25) is 4.98 Å². The Morgan fingerprint density at radius 3 is 2.65 bits per heavy atom. The van der Waals surface area contributed by atoms with Crippen molar-refractivity contribution in [3.05, 3.63) is 65.5 Å². The van der Waals surface area contributed by atoms with Gasteiger partial charge in [0.25, 0.3) is 0 Å². The van der Waals surface area contributed by atoms with Crippen molar-refractivity contribution in [2.24, 2.45) is 10.9 Å². The number of aryl methyl sites for hydroxylation is 1. The second-order valence-corrected chi connectivity index (χ2v) is 6.45. The second kappa shape index (κ2) is 11.3. The maximum atomic E-state index is 5.81. The van der Waals surface area contributed by atoms with Gasteiger partial charge in [0.1, 0.15) is 0 Å². The first kappa shape index (κ1) is 19.9. The zero-order valence-corrected chi connectivity index (χ0v) is 16.0. The molecule has 1 atom stereocenters. The van der Waals surface area contributed by atoms with E-state index in [4.69, 9.17) is 4.74 Å². The summed E-state index contributed by atoms with van der Waals surface area (Å²) in [5.41, 5.74) is 3.19. The van der Waals surface area contributed by atoms with E-state index in [2.05, 4.69) is 46.6 Å². The molecule has 2 aromatic rings. The van der Waals surface area contributed by atoms with Crippen molar-refractivity contribution >= 4 is 5.96 Å². The molecule has 0 spiro atoms. The lowest BCUT2D eigenvalue weighted by Crippen LogP contribution is -2.40. The predicted molar refractivity (Wildman–Crippen MR) is 107 cm³/mol. The minimum Gasteiger partial charge on any atom is -0.376 e. The van der Waals surface area contributed by atoms with Crippen LogP contribution in [0.3, 0.4) is 0 Å². The number of rotatable bonds is 9. The first-order valence-electron chi connectivity index (χ1n) is 9.23. The lowest BCUT2D eigenvalue weighted by Gasteiger charge is -2.16. The lowest BCUT2D eigenvalue weighted by atomic mass is 10.2. The number of hydrogen-bond acceptors (Lipinski definition) is 3. The van der Waals surface area contributed by atoms with Crippen LogP contribution in [0.5, 0.6) is 0 Å². The van der Waals surface area contributed by atoms with Crippen LogP contribution in [0.15, 0.2) is 53.5 Å². The molecule has 0 amide bonds. The molecule has 0 saturated heterocycles. The zero-order valence-electron chi connectivity index (χ0n) is 16.0.